The third-order valence-electron chi connectivity index (χ3n) is 6.77. The normalized spacial score (nSPS) is 23.1. The van der Waals surface area contributed by atoms with Crippen LogP contribution in [0.15, 0.2) is 48.5 Å². The number of piperidine rings is 1. The number of benzene rings is 2. The Labute approximate surface area is 190 Å². The first-order chi connectivity index (χ1) is 15.6. The average Bonchev–Trinajstić information content (AvgIpc) is 3.41. The van der Waals surface area contributed by atoms with Crippen LogP contribution < -0.4 is 10.1 Å². The third kappa shape index (κ3) is 3.76. The van der Waals surface area contributed by atoms with Crippen LogP contribution >= 0.6 is 11.3 Å². The van der Waals surface area contributed by atoms with Crippen molar-refractivity contribution >= 4 is 38.4 Å². The number of H-pyrrole nitrogens is 1. The molecule has 7 heteroatoms. The van der Waals surface area contributed by atoms with Gasteiger partial charge in [-0.15, -0.1) is 0 Å². The number of aromatic nitrogens is 2. The van der Waals surface area contributed by atoms with Gasteiger partial charge in [-0.2, -0.15) is 0 Å². The maximum atomic E-state index is 11.5. The third-order valence-corrected chi connectivity index (χ3v) is 7.69. The largest absolute Gasteiger partial charge is 0.431 e. The standard InChI is InChI=1S/C25H26N4O2S/c1-15(30)26-17-11-19-7-8-20(12-17)29(19)14-18-10-16-6-9-21(13-23(16)27-18)31-25-28-22-4-2-3-5-24(22)32-25/h2-6,9-10,13,17,19-20,27H,7-8,11-12,14H2,1H3,(H,26,30)/t17?,19-,20+. The predicted octanol–water partition coefficient (Wildman–Crippen LogP) is 5.20. The van der Waals surface area contributed by atoms with E-state index in [4.69, 9.17) is 4.74 Å². The van der Waals surface area contributed by atoms with Crippen LogP contribution in [0.4, 0.5) is 0 Å². The fourth-order valence-corrected chi connectivity index (χ4v) is 6.28. The number of fused-ring (bicyclic) bond motifs is 4. The molecule has 6 nitrogen and oxygen atoms in total. The second-order valence-corrected chi connectivity index (χ2v) is 10.0. The Hall–Kier alpha value is -2.90. The van der Waals surface area contributed by atoms with Crippen LogP contribution in [0.25, 0.3) is 21.1 Å². The molecule has 2 aliphatic rings. The number of hydrogen-bond acceptors (Lipinski definition) is 5. The van der Waals surface area contributed by atoms with E-state index in [0.29, 0.717) is 23.3 Å². The van der Waals surface area contributed by atoms with E-state index in [1.54, 1.807) is 18.3 Å². The van der Waals surface area contributed by atoms with Gasteiger partial charge >= 0.3 is 0 Å². The number of hydrogen-bond donors (Lipinski definition) is 2. The molecule has 0 spiro atoms. The van der Waals surface area contributed by atoms with Crippen LogP contribution in [-0.4, -0.2) is 38.9 Å². The Kier molecular flexibility index (Phi) is 4.88. The van der Waals surface area contributed by atoms with E-state index >= 15 is 0 Å². The number of ether oxygens (including phenoxy) is 1. The van der Waals surface area contributed by atoms with Crippen molar-refractivity contribution in [1.82, 2.24) is 20.2 Å². The van der Waals surface area contributed by atoms with Crippen LogP contribution in [-0.2, 0) is 11.3 Å². The Morgan fingerprint density at radius 1 is 1.19 bits per heavy atom. The minimum absolute atomic E-state index is 0.0855. The number of aromatic amines is 1. The van der Waals surface area contributed by atoms with Crippen molar-refractivity contribution in [3.05, 3.63) is 54.2 Å². The molecule has 2 N–H and O–H groups in total. The van der Waals surface area contributed by atoms with Crippen LogP contribution in [0.5, 0.6) is 10.9 Å². The van der Waals surface area contributed by atoms with Gasteiger partial charge < -0.3 is 15.0 Å². The van der Waals surface area contributed by atoms with E-state index in [-0.39, 0.29) is 5.91 Å². The summed E-state index contributed by atoms with van der Waals surface area (Å²) in [6.45, 7) is 2.54. The van der Waals surface area contributed by atoms with Gasteiger partial charge in [0.15, 0.2) is 0 Å². The summed E-state index contributed by atoms with van der Waals surface area (Å²) in [6.07, 6.45) is 4.55. The number of thiazole rings is 1. The summed E-state index contributed by atoms with van der Waals surface area (Å²) in [5.74, 6) is 0.878. The summed E-state index contributed by atoms with van der Waals surface area (Å²) < 4.78 is 7.19. The zero-order valence-electron chi connectivity index (χ0n) is 18.0. The summed E-state index contributed by atoms with van der Waals surface area (Å²) in [7, 11) is 0. The first kappa shape index (κ1) is 19.8. The molecule has 1 unspecified atom stereocenters. The number of carbonyl (C=O) groups excluding carboxylic acids is 1. The predicted molar refractivity (Wildman–Crippen MR) is 127 cm³/mol. The summed E-state index contributed by atoms with van der Waals surface area (Å²) >= 11 is 1.56. The van der Waals surface area contributed by atoms with E-state index < -0.39 is 0 Å². The van der Waals surface area contributed by atoms with Crippen LogP contribution in [0.1, 0.15) is 38.3 Å². The zero-order valence-corrected chi connectivity index (χ0v) is 18.8. The molecular formula is C25H26N4O2S. The van der Waals surface area contributed by atoms with Gasteiger partial charge in [-0.3, -0.25) is 9.69 Å². The first-order valence-electron chi connectivity index (χ1n) is 11.3. The van der Waals surface area contributed by atoms with E-state index in [1.807, 2.05) is 24.3 Å². The highest BCUT2D eigenvalue weighted by molar-refractivity contribution is 7.20. The molecule has 4 aromatic rings. The maximum absolute atomic E-state index is 11.5. The molecule has 3 atom stereocenters. The van der Waals surface area contributed by atoms with Crippen molar-refractivity contribution in [1.29, 1.82) is 0 Å². The smallest absolute Gasteiger partial charge is 0.279 e. The van der Waals surface area contributed by atoms with Gasteiger partial charge in [0.05, 0.1) is 10.2 Å². The molecule has 32 heavy (non-hydrogen) atoms. The van der Waals surface area contributed by atoms with Crippen LogP contribution in [0, 0.1) is 0 Å². The fraction of sp³-hybridized carbons (Fsp3) is 0.360. The fourth-order valence-electron chi connectivity index (χ4n) is 5.44. The highest BCUT2D eigenvalue weighted by Crippen LogP contribution is 2.37. The Bertz CT molecular complexity index is 1250. The summed E-state index contributed by atoms with van der Waals surface area (Å²) in [5, 5.41) is 4.99. The van der Waals surface area contributed by atoms with Gasteiger partial charge in [-0.05, 0) is 61.4 Å². The van der Waals surface area contributed by atoms with Crippen molar-refractivity contribution in [2.45, 2.75) is 57.3 Å². The van der Waals surface area contributed by atoms with Crippen LogP contribution in [0.3, 0.4) is 0 Å². The van der Waals surface area contributed by atoms with Gasteiger partial charge in [0.1, 0.15) is 5.75 Å². The van der Waals surface area contributed by atoms with E-state index in [1.165, 1.54) is 23.9 Å². The lowest BCUT2D eigenvalue weighted by atomic mass is 9.97. The number of nitrogens with zero attached hydrogens (tertiary/aromatic N) is 2. The molecule has 0 aliphatic carbocycles. The molecule has 2 saturated heterocycles. The molecular weight excluding hydrogens is 420 g/mol. The lowest BCUT2D eigenvalue weighted by Gasteiger charge is -2.38. The van der Waals surface area contributed by atoms with Crippen molar-refractivity contribution in [3.8, 4) is 10.9 Å². The van der Waals surface area contributed by atoms with E-state index in [0.717, 1.165) is 40.9 Å². The van der Waals surface area contributed by atoms with Gasteiger partial charge in [0, 0.05) is 48.9 Å². The topological polar surface area (TPSA) is 70.2 Å². The molecule has 2 aromatic heterocycles. The number of amides is 1. The van der Waals surface area contributed by atoms with Gasteiger partial charge in [-0.1, -0.05) is 23.5 Å². The highest BCUT2D eigenvalue weighted by Gasteiger charge is 2.40. The average molecular weight is 447 g/mol. The second kappa shape index (κ2) is 7.90. The lowest BCUT2D eigenvalue weighted by molar-refractivity contribution is -0.120. The first-order valence-corrected chi connectivity index (χ1v) is 12.1. The van der Waals surface area contributed by atoms with Gasteiger partial charge in [0.25, 0.3) is 5.19 Å². The Balaban J connectivity index is 1.17. The number of rotatable bonds is 5. The molecule has 6 rings (SSSR count). The van der Waals surface area contributed by atoms with Gasteiger partial charge in [-0.25, -0.2) is 4.98 Å². The van der Waals surface area contributed by atoms with Gasteiger partial charge in [0.2, 0.25) is 5.91 Å². The molecule has 2 aliphatic heterocycles. The number of para-hydroxylation sites is 1. The number of carbonyl (C=O) groups is 1. The summed E-state index contributed by atoms with van der Waals surface area (Å²) in [5.41, 5.74) is 3.28. The Morgan fingerprint density at radius 3 is 2.78 bits per heavy atom. The maximum Gasteiger partial charge on any atom is 0.279 e. The zero-order chi connectivity index (χ0) is 21.7. The Morgan fingerprint density at radius 2 is 2.00 bits per heavy atom. The van der Waals surface area contributed by atoms with E-state index in [2.05, 4.69) is 44.5 Å². The molecule has 0 radical (unpaired) electrons. The monoisotopic (exact) mass is 446 g/mol. The number of nitrogens with one attached hydrogen (secondary N) is 2. The van der Waals surface area contributed by atoms with Crippen LogP contribution in [0.2, 0.25) is 0 Å². The summed E-state index contributed by atoms with van der Waals surface area (Å²) in [6, 6.07) is 17.9. The molecule has 0 saturated carbocycles. The molecule has 164 valence electrons. The van der Waals surface area contributed by atoms with Crippen molar-refractivity contribution in [2.75, 3.05) is 0 Å². The molecule has 2 aromatic carbocycles. The minimum Gasteiger partial charge on any atom is -0.431 e. The van der Waals surface area contributed by atoms with Crippen molar-refractivity contribution in [3.63, 3.8) is 0 Å². The molecule has 2 bridgehead atoms. The lowest BCUT2D eigenvalue weighted by Crippen LogP contribution is -2.49. The summed E-state index contributed by atoms with van der Waals surface area (Å²) in [4.78, 5) is 22.3. The van der Waals surface area contributed by atoms with Crippen molar-refractivity contribution in [2.24, 2.45) is 0 Å². The second-order valence-electron chi connectivity index (χ2n) is 9.02. The highest BCUT2D eigenvalue weighted by atomic mass is 32.1. The minimum atomic E-state index is 0.0855. The molecule has 2 fully saturated rings. The quantitative estimate of drug-likeness (QED) is 0.442. The molecule has 4 heterocycles. The SMILES string of the molecule is CC(=O)NC1C[C@H]2CC[C@@H](C1)N2Cc1cc2ccc(Oc3nc4ccccc4s3)cc2[nH]1. The molecule has 1 amide bonds. The van der Waals surface area contributed by atoms with E-state index in [9.17, 15) is 4.79 Å². The van der Waals surface area contributed by atoms with Crippen molar-refractivity contribution < 1.29 is 9.53 Å².